The second-order valence-corrected chi connectivity index (χ2v) is 12.2. The van der Waals surface area contributed by atoms with E-state index in [2.05, 4.69) is 28.5 Å². The molecule has 0 saturated carbocycles. The van der Waals surface area contributed by atoms with Gasteiger partial charge in [0.2, 0.25) is 0 Å². The Labute approximate surface area is 270 Å². The van der Waals surface area contributed by atoms with Crippen LogP contribution < -0.4 is 13.8 Å². The quantitative estimate of drug-likeness (QED) is 0.152. The van der Waals surface area contributed by atoms with E-state index >= 15 is 4.39 Å². The van der Waals surface area contributed by atoms with E-state index < -0.39 is 46.6 Å². The lowest BCUT2D eigenvalue weighted by Gasteiger charge is -2.40. The molecule has 1 saturated heterocycles. The van der Waals surface area contributed by atoms with Gasteiger partial charge < -0.3 is 28.4 Å². The molecule has 1 fully saturated rings. The highest BCUT2D eigenvalue weighted by Gasteiger charge is 2.34. The molecule has 5 rings (SSSR count). The number of hydrogen-bond donors (Lipinski definition) is 0. The van der Waals surface area contributed by atoms with Crippen LogP contribution in [-0.2, 0) is 11.3 Å². The Morgan fingerprint density at radius 2 is 1.78 bits per heavy atom. The highest BCUT2D eigenvalue weighted by atomic mass is 35.5. The predicted octanol–water partition coefficient (Wildman–Crippen LogP) is 7.27. The number of amides is 1. The van der Waals surface area contributed by atoms with Crippen molar-refractivity contribution in [2.45, 2.75) is 25.0 Å². The third-order valence-corrected chi connectivity index (χ3v) is 8.55. The Kier molecular flexibility index (Phi) is 9.64. The number of anilines is 1. The molecule has 0 aromatic heterocycles. The van der Waals surface area contributed by atoms with Crippen LogP contribution in [0.25, 0.3) is 11.1 Å². The maximum atomic E-state index is 15.3. The molecule has 3 aromatic rings. The number of esters is 1. The van der Waals surface area contributed by atoms with Gasteiger partial charge in [-0.15, -0.1) is 0 Å². The third-order valence-electron chi connectivity index (χ3n) is 7.50. The normalized spacial score (nSPS) is 17.0. The van der Waals surface area contributed by atoms with Crippen LogP contribution in [0, 0.1) is 5.82 Å². The fourth-order valence-corrected chi connectivity index (χ4v) is 6.38. The molecule has 240 valence electrons. The molecule has 0 radical (unpaired) electrons. The molecular formula is C30H27Cl2F4N3O5S. The summed E-state index contributed by atoms with van der Waals surface area (Å²) in [4.78, 5) is 31.6. The largest absolute Gasteiger partial charge is 0.479 e. The highest BCUT2D eigenvalue weighted by Crippen LogP contribution is 2.42. The number of carbonyl (C=O) groups is 2. The number of halogens is 6. The lowest BCUT2D eigenvalue weighted by molar-refractivity contribution is -0.0370. The summed E-state index contributed by atoms with van der Waals surface area (Å²) in [5.74, 6) is -2.83. The van der Waals surface area contributed by atoms with Gasteiger partial charge in [0.05, 0.1) is 29.3 Å². The van der Waals surface area contributed by atoms with Crippen molar-refractivity contribution in [1.82, 2.24) is 9.80 Å². The molecular weight excluding hydrogens is 661 g/mol. The van der Waals surface area contributed by atoms with E-state index in [4.69, 9.17) is 32.1 Å². The molecule has 1 amide bonds. The van der Waals surface area contributed by atoms with Crippen molar-refractivity contribution < 1.29 is 40.8 Å². The maximum Gasteiger partial charge on any atom is 0.479 e. The number of hydrogen-bond acceptors (Lipinski definition) is 8. The number of fused-ring (bicyclic) bond motifs is 1. The van der Waals surface area contributed by atoms with Crippen LogP contribution >= 0.6 is 35.2 Å². The van der Waals surface area contributed by atoms with Crippen molar-refractivity contribution in [3.8, 4) is 22.6 Å². The second kappa shape index (κ2) is 13.1. The standard InChI is InChI=1S/C30H27Cl2F4N3O5S/c1-16-13-37(2)7-8-39(16)18-9-22(31)26(23(32)10-18)28(40)38-14-17-5-4-6-19(27(17)43-15-38)20-12-25(44-45-30(34,35)36)21(11-24(20)33)29(41)42-3/h4-6,9-12,16H,7-8,13-15H2,1-3H3/t16-/m1/s1. The van der Waals surface area contributed by atoms with Crippen molar-refractivity contribution in [2.75, 3.05) is 45.4 Å². The minimum Gasteiger partial charge on any atom is -0.472 e. The number of likely N-dealkylation sites (N-methyl/N-ethyl adjacent to an activating group) is 1. The van der Waals surface area contributed by atoms with Crippen molar-refractivity contribution >= 4 is 52.8 Å². The van der Waals surface area contributed by atoms with Crippen molar-refractivity contribution in [3.05, 3.63) is 75.0 Å². The number of alkyl halides is 3. The summed E-state index contributed by atoms with van der Waals surface area (Å²) < 4.78 is 69.2. The minimum absolute atomic E-state index is 0.0427. The van der Waals surface area contributed by atoms with E-state index in [1.54, 1.807) is 24.3 Å². The summed E-state index contributed by atoms with van der Waals surface area (Å²) in [5.41, 5.74) is -3.91. The molecule has 0 bridgehead atoms. The zero-order valence-electron chi connectivity index (χ0n) is 24.2. The fraction of sp³-hybridized carbons (Fsp3) is 0.333. The molecule has 0 spiro atoms. The van der Waals surface area contributed by atoms with Gasteiger partial charge in [0.25, 0.3) is 5.91 Å². The van der Waals surface area contributed by atoms with Gasteiger partial charge in [0.1, 0.15) is 17.1 Å². The van der Waals surface area contributed by atoms with E-state index in [1.807, 2.05) is 0 Å². The van der Waals surface area contributed by atoms with Crippen LogP contribution in [0.15, 0.2) is 42.5 Å². The van der Waals surface area contributed by atoms with Crippen LogP contribution in [0.1, 0.15) is 33.2 Å². The summed E-state index contributed by atoms with van der Waals surface area (Å²) in [7, 11) is 3.06. The zero-order valence-corrected chi connectivity index (χ0v) is 26.5. The molecule has 45 heavy (non-hydrogen) atoms. The topological polar surface area (TPSA) is 71.6 Å². The van der Waals surface area contributed by atoms with Crippen molar-refractivity contribution in [3.63, 3.8) is 0 Å². The van der Waals surface area contributed by atoms with Gasteiger partial charge >= 0.3 is 11.5 Å². The molecule has 1 atom stereocenters. The summed E-state index contributed by atoms with van der Waals surface area (Å²) in [6.07, 6.45) is 0. The van der Waals surface area contributed by atoms with Gasteiger partial charge in [-0.1, -0.05) is 41.4 Å². The number of benzene rings is 3. The van der Waals surface area contributed by atoms with Gasteiger partial charge in [-0.05, 0) is 38.2 Å². The Morgan fingerprint density at radius 1 is 1.07 bits per heavy atom. The van der Waals surface area contributed by atoms with Gasteiger partial charge in [-0.3, -0.25) is 4.79 Å². The lowest BCUT2D eigenvalue weighted by Crippen LogP contribution is -2.50. The number of carbonyl (C=O) groups excluding carboxylic acids is 2. The van der Waals surface area contributed by atoms with Crippen molar-refractivity contribution in [2.24, 2.45) is 0 Å². The van der Waals surface area contributed by atoms with Crippen LogP contribution in [0.2, 0.25) is 10.0 Å². The number of para-hydroxylation sites is 1. The summed E-state index contributed by atoms with van der Waals surface area (Å²) in [6.45, 7) is 4.40. The minimum atomic E-state index is -4.79. The highest BCUT2D eigenvalue weighted by molar-refractivity contribution is 7.95. The number of methoxy groups -OCH3 is 1. The average molecular weight is 689 g/mol. The SMILES string of the molecule is COC(=O)c1cc(F)c(-c2cccc3c2OCN(C(=O)c2c(Cl)cc(N4CCN(C)C[C@H]4C)cc2Cl)C3)cc1OSC(F)(F)F. The molecule has 0 aliphatic carbocycles. The molecule has 15 heteroatoms. The summed E-state index contributed by atoms with van der Waals surface area (Å²) in [6, 6.07) is 10.1. The van der Waals surface area contributed by atoms with E-state index in [0.717, 1.165) is 44.6 Å². The Bertz CT molecular complexity index is 1620. The van der Waals surface area contributed by atoms with Gasteiger partial charge in [-0.2, -0.15) is 13.2 Å². The first kappa shape index (κ1) is 33.0. The molecule has 2 aliphatic heterocycles. The molecule has 2 heterocycles. The number of nitrogens with zero attached hydrogens (tertiary/aromatic N) is 3. The van der Waals surface area contributed by atoms with E-state index in [9.17, 15) is 22.8 Å². The van der Waals surface area contributed by atoms with Crippen LogP contribution in [0.3, 0.4) is 0 Å². The van der Waals surface area contributed by atoms with Crippen LogP contribution in [0.5, 0.6) is 11.5 Å². The van der Waals surface area contributed by atoms with E-state index in [1.165, 1.54) is 11.0 Å². The lowest BCUT2D eigenvalue weighted by atomic mass is 9.98. The first-order valence-electron chi connectivity index (χ1n) is 13.6. The second-order valence-electron chi connectivity index (χ2n) is 10.6. The molecule has 0 N–H and O–H groups in total. The molecule has 0 unspecified atom stereocenters. The first-order valence-corrected chi connectivity index (χ1v) is 15.1. The van der Waals surface area contributed by atoms with E-state index in [-0.39, 0.29) is 51.8 Å². The monoisotopic (exact) mass is 687 g/mol. The van der Waals surface area contributed by atoms with Gasteiger partial charge in [0, 0.05) is 48.1 Å². The Hall–Kier alpha value is -3.39. The third kappa shape index (κ3) is 7.06. The fourth-order valence-electron chi connectivity index (χ4n) is 5.42. The number of piperazine rings is 1. The average Bonchev–Trinajstić information content (AvgIpc) is 2.98. The van der Waals surface area contributed by atoms with Gasteiger partial charge in [0.15, 0.2) is 24.5 Å². The Morgan fingerprint density at radius 3 is 2.42 bits per heavy atom. The number of rotatable bonds is 6. The van der Waals surface area contributed by atoms with E-state index in [0.29, 0.717) is 5.56 Å². The van der Waals surface area contributed by atoms with Gasteiger partial charge in [-0.25, -0.2) is 9.18 Å². The first-order chi connectivity index (χ1) is 21.3. The number of ether oxygens (including phenoxy) is 2. The Balaban J connectivity index is 1.42. The van der Waals surface area contributed by atoms with Crippen LogP contribution in [-0.4, -0.2) is 73.7 Å². The zero-order chi connectivity index (χ0) is 32.6. The molecule has 3 aromatic carbocycles. The summed E-state index contributed by atoms with van der Waals surface area (Å²) in [5, 5.41) is 0.371. The van der Waals surface area contributed by atoms with Crippen molar-refractivity contribution in [1.29, 1.82) is 0 Å². The van der Waals surface area contributed by atoms with Crippen LogP contribution in [0.4, 0.5) is 23.2 Å². The predicted molar refractivity (Wildman–Crippen MR) is 164 cm³/mol. The smallest absolute Gasteiger partial charge is 0.472 e. The molecule has 2 aliphatic rings. The maximum absolute atomic E-state index is 15.3. The summed E-state index contributed by atoms with van der Waals surface area (Å²) >= 11 is 12.4. The molecule has 8 nitrogen and oxygen atoms in total.